The highest BCUT2D eigenvalue weighted by molar-refractivity contribution is 6.30. The van der Waals surface area contributed by atoms with Crippen LogP contribution in [0.2, 0.25) is 10.0 Å². The number of amides is 1. The molecule has 1 aromatic heterocycles. The minimum Gasteiger partial charge on any atom is -0.368 e. The van der Waals surface area contributed by atoms with Crippen LogP contribution in [0.25, 0.3) is 11.4 Å². The Hall–Kier alpha value is -2.57. The number of carbonyl (C=O) groups excluding carboxylic acids is 1. The van der Waals surface area contributed by atoms with Gasteiger partial charge < -0.3 is 14.3 Å². The molecule has 0 unspecified atom stereocenters. The third kappa shape index (κ3) is 4.89. The summed E-state index contributed by atoms with van der Waals surface area (Å²) in [4.78, 5) is 21.1. The number of aryl methyl sites for hydroxylation is 1. The van der Waals surface area contributed by atoms with Gasteiger partial charge in [-0.15, -0.1) is 0 Å². The molecule has 29 heavy (non-hydrogen) atoms. The molecule has 2 aromatic carbocycles. The standard InChI is InChI=1S/C21H20Cl2N4O2/c22-16-3-1-15(2-4-16)21-24-19(29-25-21)9-10-20(28)27-13-11-26(12-14-27)18-7-5-17(23)6-8-18/h1-8H,9-14H2. The zero-order chi connectivity index (χ0) is 20.2. The number of piperazine rings is 1. The minimum atomic E-state index is 0.104. The summed E-state index contributed by atoms with van der Waals surface area (Å²) in [6.07, 6.45) is 0.778. The zero-order valence-electron chi connectivity index (χ0n) is 15.7. The van der Waals surface area contributed by atoms with Crippen LogP contribution < -0.4 is 4.90 Å². The summed E-state index contributed by atoms with van der Waals surface area (Å²) in [7, 11) is 0. The van der Waals surface area contributed by atoms with E-state index in [9.17, 15) is 4.79 Å². The Morgan fingerprint density at radius 3 is 2.21 bits per heavy atom. The van der Waals surface area contributed by atoms with Gasteiger partial charge in [-0.3, -0.25) is 4.79 Å². The van der Waals surface area contributed by atoms with Crippen LogP contribution in [0.15, 0.2) is 53.1 Å². The summed E-state index contributed by atoms with van der Waals surface area (Å²) < 4.78 is 5.29. The lowest BCUT2D eigenvalue weighted by Gasteiger charge is -2.36. The van der Waals surface area contributed by atoms with Crippen LogP contribution in [0, 0.1) is 0 Å². The Morgan fingerprint density at radius 1 is 0.931 bits per heavy atom. The first-order valence-corrected chi connectivity index (χ1v) is 10.2. The number of aromatic nitrogens is 2. The molecule has 0 aliphatic carbocycles. The van der Waals surface area contributed by atoms with Crippen molar-refractivity contribution < 1.29 is 9.32 Å². The Labute approximate surface area is 179 Å². The van der Waals surface area contributed by atoms with E-state index in [1.165, 1.54) is 0 Å². The van der Waals surface area contributed by atoms with Crippen molar-refractivity contribution in [2.45, 2.75) is 12.8 Å². The second-order valence-electron chi connectivity index (χ2n) is 6.86. The first-order valence-electron chi connectivity index (χ1n) is 9.45. The van der Waals surface area contributed by atoms with Gasteiger partial charge >= 0.3 is 0 Å². The number of hydrogen-bond donors (Lipinski definition) is 0. The van der Waals surface area contributed by atoms with E-state index < -0.39 is 0 Å². The quantitative estimate of drug-likeness (QED) is 0.602. The highest BCUT2D eigenvalue weighted by atomic mass is 35.5. The lowest BCUT2D eigenvalue weighted by molar-refractivity contribution is -0.131. The van der Waals surface area contributed by atoms with E-state index in [2.05, 4.69) is 15.0 Å². The number of rotatable bonds is 5. The van der Waals surface area contributed by atoms with Crippen LogP contribution in [-0.2, 0) is 11.2 Å². The summed E-state index contributed by atoms with van der Waals surface area (Å²) in [6, 6.07) is 15.0. The normalized spacial score (nSPS) is 14.3. The third-order valence-corrected chi connectivity index (χ3v) is 5.45. The average molecular weight is 431 g/mol. The molecular formula is C21H20Cl2N4O2. The predicted octanol–water partition coefficient (Wildman–Crippen LogP) is 4.32. The molecular weight excluding hydrogens is 411 g/mol. The van der Waals surface area contributed by atoms with E-state index in [0.29, 0.717) is 42.7 Å². The Bertz CT molecular complexity index is 965. The SMILES string of the molecule is O=C(CCc1nc(-c2ccc(Cl)cc2)no1)N1CCN(c2ccc(Cl)cc2)CC1. The smallest absolute Gasteiger partial charge is 0.227 e. The summed E-state index contributed by atoms with van der Waals surface area (Å²) >= 11 is 11.8. The van der Waals surface area contributed by atoms with Crippen molar-refractivity contribution in [1.82, 2.24) is 15.0 Å². The van der Waals surface area contributed by atoms with Gasteiger partial charge in [0.2, 0.25) is 17.6 Å². The van der Waals surface area contributed by atoms with Crippen molar-refractivity contribution in [3.05, 3.63) is 64.5 Å². The Balaban J connectivity index is 1.27. The predicted molar refractivity (Wildman–Crippen MR) is 113 cm³/mol. The molecule has 0 spiro atoms. The number of nitrogens with zero attached hydrogens (tertiary/aromatic N) is 4. The topological polar surface area (TPSA) is 62.5 Å². The average Bonchev–Trinajstić information content (AvgIpc) is 3.22. The van der Waals surface area contributed by atoms with Crippen LogP contribution in [0.5, 0.6) is 0 Å². The molecule has 2 heterocycles. The molecule has 3 aromatic rings. The highest BCUT2D eigenvalue weighted by Crippen LogP contribution is 2.21. The van der Waals surface area contributed by atoms with Crippen LogP contribution in [0.4, 0.5) is 5.69 Å². The minimum absolute atomic E-state index is 0.104. The van der Waals surface area contributed by atoms with Crippen molar-refractivity contribution in [2.24, 2.45) is 0 Å². The lowest BCUT2D eigenvalue weighted by Crippen LogP contribution is -2.48. The van der Waals surface area contributed by atoms with E-state index in [1.807, 2.05) is 41.3 Å². The number of halogens is 2. The molecule has 8 heteroatoms. The van der Waals surface area contributed by atoms with Gasteiger partial charge in [0.1, 0.15) is 0 Å². The van der Waals surface area contributed by atoms with Crippen molar-refractivity contribution in [2.75, 3.05) is 31.1 Å². The van der Waals surface area contributed by atoms with Gasteiger partial charge in [-0.2, -0.15) is 4.98 Å². The first-order chi connectivity index (χ1) is 14.1. The second kappa shape index (κ2) is 8.84. The van der Waals surface area contributed by atoms with Crippen molar-refractivity contribution >= 4 is 34.8 Å². The summed E-state index contributed by atoms with van der Waals surface area (Å²) in [5.41, 5.74) is 1.95. The lowest BCUT2D eigenvalue weighted by atomic mass is 10.2. The number of hydrogen-bond acceptors (Lipinski definition) is 5. The van der Waals surface area contributed by atoms with E-state index in [4.69, 9.17) is 27.7 Å². The first kappa shape index (κ1) is 19.7. The van der Waals surface area contributed by atoms with Crippen molar-refractivity contribution in [3.8, 4) is 11.4 Å². The summed E-state index contributed by atoms with van der Waals surface area (Å²) in [5.74, 6) is 1.07. The third-order valence-electron chi connectivity index (χ3n) is 4.95. The fourth-order valence-electron chi connectivity index (χ4n) is 3.31. The molecule has 1 aliphatic heterocycles. The molecule has 0 atom stereocenters. The van der Waals surface area contributed by atoms with Gasteiger partial charge in [-0.05, 0) is 48.5 Å². The molecule has 1 fully saturated rings. The number of anilines is 1. The second-order valence-corrected chi connectivity index (χ2v) is 7.74. The van der Waals surface area contributed by atoms with E-state index in [-0.39, 0.29) is 5.91 Å². The maximum absolute atomic E-state index is 12.6. The monoisotopic (exact) mass is 430 g/mol. The Kier molecular flexibility index (Phi) is 6.02. The zero-order valence-corrected chi connectivity index (χ0v) is 17.2. The summed E-state index contributed by atoms with van der Waals surface area (Å²) in [6.45, 7) is 2.99. The van der Waals surface area contributed by atoms with Gasteiger partial charge in [0.05, 0.1) is 0 Å². The van der Waals surface area contributed by atoms with Gasteiger partial charge in [0, 0.05) is 60.3 Å². The maximum atomic E-state index is 12.6. The molecule has 0 N–H and O–H groups in total. The van der Waals surface area contributed by atoms with Crippen LogP contribution in [0.3, 0.4) is 0 Å². The molecule has 6 nitrogen and oxygen atoms in total. The molecule has 4 rings (SSSR count). The maximum Gasteiger partial charge on any atom is 0.227 e. The molecule has 1 amide bonds. The molecule has 0 bridgehead atoms. The van der Waals surface area contributed by atoms with E-state index in [0.717, 1.165) is 29.4 Å². The van der Waals surface area contributed by atoms with Crippen LogP contribution in [0.1, 0.15) is 12.3 Å². The van der Waals surface area contributed by atoms with Crippen molar-refractivity contribution in [3.63, 3.8) is 0 Å². The van der Waals surface area contributed by atoms with Gasteiger partial charge in [0.15, 0.2) is 0 Å². The fourth-order valence-corrected chi connectivity index (χ4v) is 3.56. The molecule has 0 saturated carbocycles. The fraction of sp³-hybridized carbons (Fsp3) is 0.286. The highest BCUT2D eigenvalue weighted by Gasteiger charge is 2.22. The number of benzene rings is 2. The van der Waals surface area contributed by atoms with Crippen LogP contribution >= 0.6 is 23.2 Å². The van der Waals surface area contributed by atoms with Crippen molar-refractivity contribution in [1.29, 1.82) is 0 Å². The Morgan fingerprint density at radius 2 is 1.55 bits per heavy atom. The molecule has 1 aliphatic rings. The summed E-state index contributed by atoms with van der Waals surface area (Å²) in [5, 5.41) is 5.36. The van der Waals surface area contributed by atoms with E-state index in [1.54, 1.807) is 12.1 Å². The van der Waals surface area contributed by atoms with Gasteiger partial charge in [-0.1, -0.05) is 28.4 Å². The van der Waals surface area contributed by atoms with Crippen LogP contribution in [-0.4, -0.2) is 47.1 Å². The van der Waals surface area contributed by atoms with Gasteiger partial charge in [0.25, 0.3) is 0 Å². The largest absolute Gasteiger partial charge is 0.368 e. The molecule has 0 radical (unpaired) electrons. The molecule has 150 valence electrons. The van der Waals surface area contributed by atoms with E-state index >= 15 is 0 Å². The van der Waals surface area contributed by atoms with Gasteiger partial charge in [-0.25, -0.2) is 0 Å². The number of carbonyl (C=O) groups is 1. The molecule has 1 saturated heterocycles.